The van der Waals surface area contributed by atoms with Crippen molar-refractivity contribution in [2.24, 2.45) is 16.9 Å². The minimum atomic E-state index is -0.535. The number of benzene rings is 1. The van der Waals surface area contributed by atoms with Crippen molar-refractivity contribution in [2.75, 3.05) is 89.8 Å². The van der Waals surface area contributed by atoms with Gasteiger partial charge in [-0.1, -0.05) is 13.8 Å². The summed E-state index contributed by atoms with van der Waals surface area (Å²) in [5.41, 5.74) is 13.9. The van der Waals surface area contributed by atoms with Crippen LogP contribution < -0.4 is 22.1 Å². The Morgan fingerprint density at radius 1 is 0.884 bits per heavy atom. The van der Waals surface area contributed by atoms with Crippen molar-refractivity contribution in [3.8, 4) is 0 Å². The van der Waals surface area contributed by atoms with Crippen LogP contribution in [0.4, 0.5) is 11.4 Å². The molecule has 1 amide bonds. The molecule has 0 atom stereocenters. The van der Waals surface area contributed by atoms with Gasteiger partial charge in [0.05, 0.1) is 64.0 Å². The standard InChI is InChI=1S/C31H51N5O7/c1-23(33)29-27(21-31(2,3)22-28(29)37)36-24-6-7-25(30(34)38)26(20-24)35-9-5-11-40-13-15-42-17-19-43-18-16-41-14-12-39-10-4-8-32/h6-7,20,33,35-36H,4-5,8-19,21-22,32H2,1-3H3,(H2,34,38). The molecule has 0 aliphatic heterocycles. The molecule has 242 valence electrons. The molecule has 1 aromatic rings. The van der Waals surface area contributed by atoms with Crippen molar-refractivity contribution in [2.45, 2.75) is 46.5 Å². The van der Waals surface area contributed by atoms with Crippen LogP contribution >= 0.6 is 0 Å². The molecular weight excluding hydrogens is 554 g/mol. The number of allylic oxidation sites excluding steroid dienone is 2. The summed E-state index contributed by atoms with van der Waals surface area (Å²) >= 11 is 0. The van der Waals surface area contributed by atoms with Gasteiger partial charge in [-0.2, -0.15) is 0 Å². The number of amides is 1. The molecule has 1 aliphatic rings. The van der Waals surface area contributed by atoms with Gasteiger partial charge in [0.15, 0.2) is 5.78 Å². The number of hydrogen-bond acceptors (Lipinski definition) is 11. The van der Waals surface area contributed by atoms with Crippen molar-refractivity contribution >= 4 is 28.8 Å². The fourth-order valence-corrected chi connectivity index (χ4v) is 4.58. The summed E-state index contributed by atoms with van der Waals surface area (Å²) < 4.78 is 27.4. The predicted molar refractivity (Wildman–Crippen MR) is 168 cm³/mol. The number of Topliss-reactive ketones (excluding diaryl/α,β-unsaturated/α-hetero) is 1. The van der Waals surface area contributed by atoms with Crippen LogP contribution in [0.5, 0.6) is 0 Å². The topological polar surface area (TPSA) is 180 Å². The highest BCUT2D eigenvalue weighted by atomic mass is 16.6. The smallest absolute Gasteiger partial charge is 0.250 e. The van der Waals surface area contributed by atoms with Gasteiger partial charge < -0.3 is 51.2 Å². The Bertz CT molecular complexity index is 1060. The van der Waals surface area contributed by atoms with Crippen LogP contribution in [0.2, 0.25) is 0 Å². The highest BCUT2D eigenvalue weighted by Crippen LogP contribution is 2.38. The number of ketones is 1. The van der Waals surface area contributed by atoms with Crippen LogP contribution in [0.3, 0.4) is 0 Å². The van der Waals surface area contributed by atoms with E-state index in [4.69, 9.17) is 40.6 Å². The maximum absolute atomic E-state index is 12.7. The van der Waals surface area contributed by atoms with Crippen molar-refractivity contribution in [3.63, 3.8) is 0 Å². The lowest BCUT2D eigenvalue weighted by atomic mass is 9.75. The SMILES string of the molecule is CC(=N)C1=C(Nc2ccc(C(N)=O)c(NCCCOCCOCCOCCOCCOCCCN)c2)CC(C)(C)CC1=O. The second-order valence-electron chi connectivity index (χ2n) is 11.2. The van der Waals surface area contributed by atoms with E-state index in [-0.39, 0.29) is 16.9 Å². The van der Waals surface area contributed by atoms with E-state index in [1.807, 2.05) is 13.8 Å². The van der Waals surface area contributed by atoms with E-state index in [1.54, 1.807) is 25.1 Å². The molecule has 0 heterocycles. The molecular formula is C31H51N5O7. The number of ether oxygens (including phenoxy) is 5. The van der Waals surface area contributed by atoms with Crippen LogP contribution in [0.1, 0.15) is 56.8 Å². The summed E-state index contributed by atoms with van der Waals surface area (Å²) in [6.45, 7) is 12.1. The molecule has 12 nitrogen and oxygen atoms in total. The largest absolute Gasteiger partial charge is 0.384 e. The molecule has 0 bridgehead atoms. The van der Waals surface area contributed by atoms with Crippen molar-refractivity contribution in [1.29, 1.82) is 5.41 Å². The lowest BCUT2D eigenvalue weighted by Crippen LogP contribution is -2.30. The van der Waals surface area contributed by atoms with E-state index in [1.165, 1.54) is 0 Å². The summed E-state index contributed by atoms with van der Waals surface area (Å²) in [5.74, 6) is -0.568. The third-order valence-electron chi connectivity index (χ3n) is 6.59. The van der Waals surface area contributed by atoms with E-state index in [9.17, 15) is 9.59 Å². The number of primary amides is 1. The summed E-state index contributed by atoms with van der Waals surface area (Å²) in [7, 11) is 0. The molecule has 0 spiro atoms. The first kappa shape index (κ1) is 36.3. The maximum atomic E-state index is 12.7. The number of rotatable bonds is 24. The van der Waals surface area contributed by atoms with E-state index in [0.717, 1.165) is 12.1 Å². The third-order valence-corrected chi connectivity index (χ3v) is 6.59. The zero-order valence-electron chi connectivity index (χ0n) is 26.1. The van der Waals surface area contributed by atoms with E-state index in [2.05, 4.69) is 10.6 Å². The van der Waals surface area contributed by atoms with Gasteiger partial charge in [0.1, 0.15) is 0 Å². The minimum Gasteiger partial charge on any atom is -0.384 e. The molecule has 0 saturated heterocycles. The van der Waals surface area contributed by atoms with E-state index in [0.29, 0.717) is 121 Å². The molecule has 0 fully saturated rings. The van der Waals surface area contributed by atoms with E-state index >= 15 is 0 Å². The van der Waals surface area contributed by atoms with Gasteiger partial charge in [0, 0.05) is 49.0 Å². The van der Waals surface area contributed by atoms with Crippen LogP contribution in [0.15, 0.2) is 29.5 Å². The summed E-state index contributed by atoms with van der Waals surface area (Å²) in [6, 6.07) is 5.22. The Hall–Kier alpha value is -2.87. The molecule has 12 heteroatoms. The Morgan fingerprint density at radius 2 is 1.42 bits per heavy atom. The highest BCUT2D eigenvalue weighted by molar-refractivity contribution is 6.22. The maximum Gasteiger partial charge on any atom is 0.250 e. The Labute approximate surface area is 255 Å². The second kappa shape index (κ2) is 20.2. The van der Waals surface area contributed by atoms with Gasteiger partial charge in [-0.3, -0.25) is 9.59 Å². The molecule has 0 radical (unpaired) electrons. The lowest BCUT2D eigenvalue weighted by Gasteiger charge is -2.32. The van der Waals surface area contributed by atoms with Crippen molar-refractivity contribution < 1.29 is 33.3 Å². The van der Waals surface area contributed by atoms with Crippen molar-refractivity contribution in [3.05, 3.63) is 35.0 Å². The first-order valence-electron chi connectivity index (χ1n) is 15.0. The van der Waals surface area contributed by atoms with E-state index < -0.39 is 5.91 Å². The average Bonchev–Trinajstić information content (AvgIpc) is 2.93. The first-order chi connectivity index (χ1) is 20.6. The van der Waals surface area contributed by atoms with Gasteiger partial charge in [0.2, 0.25) is 0 Å². The minimum absolute atomic E-state index is 0.0326. The first-order valence-corrected chi connectivity index (χ1v) is 15.0. The van der Waals surface area contributed by atoms with Crippen LogP contribution in [0.25, 0.3) is 0 Å². The molecule has 7 N–H and O–H groups in total. The number of carbonyl (C=O) groups excluding carboxylic acids is 2. The van der Waals surface area contributed by atoms with Gasteiger partial charge in [-0.15, -0.1) is 0 Å². The number of carbonyl (C=O) groups is 2. The molecule has 0 unspecified atom stereocenters. The number of nitrogens with two attached hydrogens (primary N) is 2. The zero-order chi connectivity index (χ0) is 31.5. The molecule has 43 heavy (non-hydrogen) atoms. The highest BCUT2D eigenvalue weighted by Gasteiger charge is 2.33. The van der Waals surface area contributed by atoms with Gasteiger partial charge in [-0.25, -0.2) is 0 Å². The Kier molecular flexibility index (Phi) is 17.0. The second-order valence-corrected chi connectivity index (χ2v) is 11.2. The molecule has 2 rings (SSSR count). The summed E-state index contributed by atoms with van der Waals surface area (Å²) in [6.07, 6.45) is 2.61. The molecule has 0 aromatic heterocycles. The number of hydrogen-bond donors (Lipinski definition) is 5. The van der Waals surface area contributed by atoms with Crippen LogP contribution in [-0.4, -0.2) is 96.6 Å². The van der Waals surface area contributed by atoms with Crippen molar-refractivity contribution in [1.82, 2.24) is 0 Å². The van der Waals surface area contributed by atoms with Gasteiger partial charge in [-0.05, 0) is 56.3 Å². The zero-order valence-corrected chi connectivity index (χ0v) is 26.1. The molecule has 1 aromatic carbocycles. The normalized spacial score (nSPS) is 14.7. The third kappa shape index (κ3) is 14.4. The Morgan fingerprint density at radius 3 is 1.93 bits per heavy atom. The fourth-order valence-electron chi connectivity index (χ4n) is 4.58. The Balaban J connectivity index is 1.64. The predicted octanol–water partition coefficient (Wildman–Crippen LogP) is 3.11. The van der Waals surface area contributed by atoms with Gasteiger partial charge >= 0.3 is 0 Å². The summed E-state index contributed by atoms with van der Waals surface area (Å²) in [4.78, 5) is 24.7. The van der Waals surface area contributed by atoms with Crippen LogP contribution in [-0.2, 0) is 28.5 Å². The average molecular weight is 606 g/mol. The quantitative estimate of drug-likeness (QED) is 0.0868. The molecule has 1 aliphatic carbocycles. The lowest BCUT2D eigenvalue weighted by molar-refractivity contribution is -0.117. The summed E-state index contributed by atoms with van der Waals surface area (Å²) in [5, 5.41) is 14.7. The van der Waals surface area contributed by atoms with Gasteiger partial charge in [0.25, 0.3) is 5.91 Å². The molecule has 0 saturated carbocycles. The fraction of sp³-hybridized carbons (Fsp3) is 0.645. The monoisotopic (exact) mass is 605 g/mol. The number of nitrogens with one attached hydrogen (secondary N) is 3. The number of anilines is 2. The van der Waals surface area contributed by atoms with Crippen LogP contribution in [0, 0.1) is 10.8 Å².